The molecule has 1 saturated heterocycles. The van der Waals surface area contributed by atoms with Crippen molar-refractivity contribution in [3.05, 3.63) is 71.2 Å². The molecule has 2 aromatic heterocycles. The smallest absolute Gasteiger partial charge is 0.276 e. The van der Waals surface area contributed by atoms with Gasteiger partial charge in [0.05, 0.1) is 17.6 Å². The van der Waals surface area contributed by atoms with E-state index in [9.17, 15) is 13.2 Å². The highest BCUT2D eigenvalue weighted by Crippen LogP contribution is 2.33. The van der Waals surface area contributed by atoms with Crippen LogP contribution in [0.25, 0.3) is 16.8 Å². The van der Waals surface area contributed by atoms with Crippen LogP contribution in [-0.4, -0.2) is 53.4 Å². The minimum Gasteiger partial charge on any atom is -0.497 e. The van der Waals surface area contributed by atoms with Gasteiger partial charge >= 0.3 is 0 Å². The zero-order chi connectivity index (χ0) is 26.3. The van der Waals surface area contributed by atoms with E-state index in [1.807, 2.05) is 26.0 Å². The number of methoxy groups -OCH3 is 1. The van der Waals surface area contributed by atoms with Gasteiger partial charge in [-0.15, -0.1) is 0 Å². The van der Waals surface area contributed by atoms with Crippen LogP contribution in [0.1, 0.15) is 40.3 Å². The molecule has 1 fully saturated rings. The fourth-order valence-corrected chi connectivity index (χ4v) is 6.48. The van der Waals surface area contributed by atoms with Gasteiger partial charge in [-0.3, -0.25) is 4.79 Å². The molecule has 1 amide bonds. The van der Waals surface area contributed by atoms with Gasteiger partial charge in [-0.2, -0.15) is 9.40 Å². The van der Waals surface area contributed by atoms with Crippen LogP contribution < -0.4 is 10.1 Å². The summed E-state index contributed by atoms with van der Waals surface area (Å²) >= 11 is 0. The van der Waals surface area contributed by atoms with E-state index in [-0.39, 0.29) is 10.6 Å². The normalized spacial score (nSPS) is 14.3. The van der Waals surface area contributed by atoms with Crippen LogP contribution >= 0.6 is 0 Å². The maximum Gasteiger partial charge on any atom is 0.276 e. The molecule has 1 aliphatic rings. The van der Waals surface area contributed by atoms with Crippen LogP contribution in [0.3, 0.4) is 0 Å². The van der Waals surface area contributed by atoms with E-state index in [0.29, 0.717) is 46.9 Å². The van der Waals surface area contributed by atoms with Crippen molar-refractivity contribution in [3.8, 4) is 16.9 Å². The summed E-state index contributed by atoms with van der Waals surface area (Å²) < 4.78 is 35.3. The van der Waals surface area contributed by atoms with E-state index >= 15 is 0 Å². The quantitative estimate of drug-likeness (QED) is 0.406. The number of aryl methyl sites for hydroxylation is 3. The van der Waals surface area contributed by atoms with Crippen LogP contribution in [0.4, 0.5) is 5.69 Å². The lowest BCUT2D eigenvalue weighted by atomic mass is 10.0. The summed E-state index contributed by atoms with van der Waals surface area (Å²) in [5.41, 5.74) is 4.50. The summed E-state index contributed by atoms with van der Waals surface area (Å²) in [6.07, 6.45) is 1.70. The summed E-state index contributed by atoms with van der Waals surface area (Å²) in [6, 6.07) is 14.1. The SMILES string of the molecule is COc1ccc(NC(=O)c2nn3c(C)cc(C)nc3c2-c2ccc(C)c(S(=O)(=O)N3CCCC3)c2)cc1. The monoisotopic (exact) mass is 519 g/mol. The van der Waals surface area contributed by atoms with E-state index in [1.165, 1.54) is 4.31 Å². The second-order valence-corrected chi connectivity index (χ2v) is 11.2. The molecule has 0 saturated carbocycles. The van der Waals surface area contributed by atoms with Gasteiger partial charge in [-0.05, 0) is 81.1 Å². The third kappa shape index (κ3) is 4.58. The standard InChI is InChI=1S/C27H29N5O4S/c1-17-7-8-20(16-23(17)37(34,35)31-13-5-6-14-31)24-25(30-32-19(3)15-18(2)28-26(24)32)27(33)29-21-9-11-22(36-4)12-10-21/h7-12,15-16H,5-6,13-14H2,1-4H3,(H,29,33). The van der Waals surface area contributed by atoms with Crippen LogP contribution in [-0.2, 0) is 10.0 Å². The molecule has 9 nitrogen and oxygen atoms in total. The van der Waals surface area contributed by atoms with Crippen LogP contribution in [0.2, 0.25) is 0 Å². The second kappa shape index (κ2) is 9.60. The van der Waals surface area contributed by atoms with Crippen LogP contribution in [0, 0.1) is 20.8 Å². The van der Waals surface area contributed by atoms with Gasteiger partial charge in [0.25, 0.3) is 5.91 Å². The number of carbonyl (C=O) groups excluding carboxylic acids is 1. The molecule has 0 atom stereocenters. The molecular formula is C27H29N5O4S. The van der Waals surface area contributed by atoms with Gasteiger partial charge in [-0.25, -0.2) is 17.9 Å². The Labute approximate surface area is 216 Å². The molecule has 4 aromatic rings. The highest BCUT2D eigenvalue weighted by atomic mass is 32.2. The Morgan fingerprint density at radius 2 is 1.70 bits per heavy atom. The Morgan fingerprint density at radius 1 is 1.00 bits per heavy atom. The van der Waals surface area contributed by atoms with Crippen molar-refractivity contribution in [1.29, 1.82) is 0 Å². The first-order chi connectivity index (χ1) is 17.7. The summed E-state index contributed by atoms with van der Waals surface area (Å²) in [5, 5.41) is 7.50. The summed E-state index contributed by atoms with van der Waals surface area (Å²) in [6.45, 7) is 6.57. The number of nitrogens with one attached hydrogen (secondary N) is 1. The van der Waals surface area contributed by atoms with E-state index in [2.05, 4.69) is 15.4 Å². The highest BCUT2D eigenvalue weighted by Gasteiger charge is 2.30. The predicted octanol–water partition coefficient (Wildman–Crippen LogP) is 4.37. The molecule has 1 aliphatic heterocycles. The number of ether oxygens (including phenoxy) is 1. The number of nitrogens with zero attached hydrogens (tertiary/aromatic N) is 4. The summed E-state index contributed by atoms with van der Waals surface area (Å²) in [5.74, 6) is 0.250. The first kappa shape index (κ1) is 24.9. The minimum absolute atomic E-state index is 0.158. The summed E-state index contributed by atoms with van der Waals surface area (Å²) in [4.78, 5) is 18.4. The molecule has 1 N–H and O–H groups in total. The topological polar surface area (TPSA) is 106 Å². The highest BCUT2D eigenvalue weighted by molar-refractivity contribution is 7.89. The molecule has 10 heteroatoms. The number of fused-ring (bicyclic) bond motifs is 1. The van der Waals surface area contributed by atoms with Crippen molar-refractivity contribution in [2.45, 2.75) is 38.5 Å². The average Bonchev–Trinajstić information content (AvgIpc) is 3.54. The predicted molar refractivity (Wildman–Crippen MR) is 142 cm³/mol. The lowest BCUT2D eigenvalue weighted by molar-refractivity contribution is 0.102. The van der Waals surface area contributed by atoms with Crippen molar-refractivity contribution in [3.63, 3.8) is 0 Å². The number of hydrogen-bond donors (Lipinski definition) is 1. The molecule has 0 radical (unpaired) electrons. The molecule has 2 aromatic carbocycles. The summed E-state index contributed by atoms with van der Waals surface area (Å²) in [7, 11) is -2.09. The van der Waals surface area contributed by atoms with Gasteiger partial charge in [0.15, 0.2) is 11.3 Å². The maximum absolute atomic E-state index is 13.5. The lowest BCUT2D eigenvalue weighted by Gasteiger charge is -2.18. The molecular weight excluding hydrogens is 490 g/mol. The molecule has 0 spiro atoms. The number of carbonyl (C=O) groups is 1. The van der Waals surface area contributed by atoms with Gasteiger partial charge in [0.1, 0.15) is 5.75 Å². The number of aromatic nitrogens is 3. The third-order valence-corrected chi connectivity index (χ3v) is 8.66. The number of rotatable bonds is 6. The average molecular weight is 520 g/mol. The fourth-order valence-electron chi connectivity index (χ4n) is 4.71. The van der Waals surface area contributed by atoms with Gasteiger partial charge < -0.3 is 10.1 Å². The molecule has 37 heavy (non-hydrogen) atoms. The van der Waals surface area contributed by atoms with Crippen molar-refractivity contribution in [1.82, 2.24) is 18.9 Å². The molecule has 0 bridgehead atoms. The van der Waals surface area contributed by atoms with E-state index in [0.717, 1.165) is 24.2 Å². The van der Waals surface area contributed by atoms with E-state index in [1.54, 1.807) is 54.9 Å². The number of hydrogen-bond acceptors (Lipinski definition) is 6. The van der Waals surface area contributed by atoms with Crippen LogP contribution in [0.15, 0.2) is 53.4 Å². The third-order valence-electron chi connectivity index (χ3n) is 6.62. The first-order valence-electron chi connectivity index (χ1n) is 12.1. The van der Waals surface area contributed by atoms with Gasteiger partial charge in [0, 0.05) is 30.2 Å². The molecule has 3 heterocycles. The molecule has 0 unspecified atom stereocenters. The fraction of sp³-hybridized carbons (Fsp3) is 0.296. The Hall–Kier alpha value is -3.76. The zero-order valence-corrected chi connectivity index (χ0v) is 22.1. The Balaban J connectivity index is 1.66. The number of sulfonamides is 1. The molecule has 0 aliphatic carbocycles. The van der Waals surface area contributed by atoms with Crippen molar-refractivity contribution in [2.75, 3.05) is 25.5 Å². The number of amides is 1. The van der Waals surface area contributed by atoms with Gasteiger partial charge in [-0.1, -0.05) is 12.1 Å². The maximum atomic E-state index is 13.5. The first-order valence-corrected chi connectivity index (χ1v) is 13.6. The minimum atomic E-state index is -3.67. The van der Waals surface area contributed by atoms with E-state index < -0.39 is 15.9 Å². The Kier molecular flexibility index (Phi) is 6.47. The van der Waals surface area contributed by atoms with Crippen molar-refractivity contribution >= 4 is 27.3 Å². The van der Waals surface area contributed by atoms with Crippen molar-refractivity contribution < 1.29 is 17.9 Å². The Morgan fingerprint density at radius 3 is 2.38 bits per heavy atom. The lowest BCUT2D eigenvalue weighted by Crippen LogP contribution is -2.28. The van der Waals surface area contributed by atoms with Gasteiger partial charge in [0.2, 0.25) is 10.0 Å². The number of benzene rings is 2. The Bertz CT molecular complexity index is 1600. The van der Waals surface area contributed by atoms with Crippen LogP contribution in [0.5, 0.6) is 5.75 Å². The molecule has 192 valence electrons. The largest absolute Gasteiger partial charge is 0.497 e. The number of anilines is 1. The zero-order valence-electron chi connectivity index (χ0n) is 21.3. The molecule has 5 rings (SSSR count). The van der Waals surface area contributed by atoms with Crippen molar-refractivity contribution in [2.24, 2.45) is 0 Å². The van der Waals surface area contributed by atoms with E-state index in [4.69, 9.17) is 4.74 Å². The second-order valence-electron chi connectivity index (χ2n) is 9.27.